The highest BCUT2D eigenvalue weighted by molar-refractivity contribution is 7.91. The van der Waals surface area contributed by atoms with E-state index in [2.05, 4.69) is 5.32 Å². The molecular formula is C10H19NO3S2. The van der Waals surface area contributed by atoms with Crippen molar-refractivity contribution in [2.24, 2.45) is 5.92 Å². The van der Waals surface area contributed by atoms with Crippen molar-refractivity contribution in [1.82, 2.24) is 5.32 Å². The van der Waals surface area contributed by atoms with Gasteiger partial charge in [0.15, 0.2) is 9.84 Å². The quantitative estimate of drug-likeness (QED) is 0.758. The van der Waals surface area contributed by atoms with E-state index < -0.39 is 9.84 Å². The minimum atomic E-state index is -2.80. The number of ether oxygens (including phenoxy) is 1. The highest BCUT2D eigenvalue weighted by Gasteiger charge is 2.27. The summed E-state index contributed by atoms with van der Waals surface area (Å²) >= 11 is 5.01. The number of rotatable bonds is 2. The lowest BCUT2D eigenvalue weighted by molar-refractivity contribution is 0.114. The minimum absolute atomic E-state index is 0.159. The first-order valence-electron chi connectivity index (χ1n) is 5.35. The first kappa shape index (κ1) is 13.7. The standard InChI is InChI=1S/C10H19NO3S2/c1-10(2,3)14-9(15)11-6-8-4-5-16(12,13)7-8/h8H,4-7H2,1-3H3,(H,11,15)/t8-/m0/s1. The van der Waals surface area contributed by atoms with E-state index in [-0.39, 0.29) is 17.3 Å². The van der Waals surface area contributed by atoms with Gasteiger partial charge in [-0.25, -0.2) is 8.42 Å². The van der Waals surface area contributed by atoms with E-state index in [1.165, 1.54) is 0 Å². The average molecular weight is 265 g/mol. The molecule has 1 rings (SSSR count). The Kier molecular flexibility index (Phi) is 4.17. The van der Waals surface area contributed by atoms with Crippen LogP contribution in [0, 0.1) is 5.92 Å². The molecule has 0 aliphatic carbocycles. The molecule has 0 aromatic heterocycles. The molecule has 94 valence electrons. The lowest BCUT2D eigenvalue weighted by atomic mass is 10.1. The Balaban J connectivity index is 2.29. The first-order valence-corrected chi connectivity index (χ1v) is 7.58. The summed E-state index contributed by atoms with van der Waals surface area (Å²) in [6, 6.07) is 0. The van der Waals surface area contributed by atoms with Gasteiger partial charge in [-0.2, -0.15) is 0 Å². The zero-order valence-electron chi connectivity index (χ0n) is 9.95. The zero-order valence-corrected chi connectivity index (χ0v) is 11.6. The lowest BCUT2D eigenvalue weighted by Gasteiger charge is -2.22. The summed E-state index contributed by atoms with van der Waals surface area (Å²) in [7, 11) is -2.80. The van der Waals surface area contributed by atoms with Crippen LogP contribution in [0.5, 0.6) is 0 Å². The van der Waals surface area contributed by atoms with Gasteiger partial charge in [0.05, 0.1) is 11.5 Å². The Hall–Kier alpha value is -0.360. The Morgan fingerprint density at radius 2 is 2.12 bits per heavy atom. The molecule has 0 bridgehead atoms. The topological polar surface area (TPSA) is 55.4 Å². The van der Waals surface area contributed by atoms with E-state index in [1.807, 2.05) is 20.8 Å². The van der Waals surface area contributed by atoms with Crippen molar-refractivity contribution in [2.75, 3.05) is 18.1 Å². The van der Waals surface area contributed by atoms with E-state index in [0.29, 0.717) is 23.9 Å². The van der Waals surface area contributed by atoms with Crippen LogP contribution in [0.15, 0.2) is 0 Å². The molecule has 1 fully saturated rings. The second-order valence-corrected chi connectivity index (χ2v) is 7.75. The number of sulfone groups is 1. The van der Waals surface area contributed by atoms with Crippen LogP contribution in [0.3, 0.4) is 0 Å². The van der Waals surface area contributed by atoms with Crippen molar-refractivity contribution in [1.29, 1.82) is 0 Å². The number of thiocarbonyl (C=S) groups is 1. The molecule has 6 heteroatoms. The molecule has 0 amide bonds. The van der Waals surface area contributed by atoms with Crippen LogP contribution in [0.1, 0.15) is 27.2 Å². The van der Waals surface area contributed by atoms with Crippen LogP contribution >= 0.6 is 12.2 Å². The Morgan fingerprint density at radius 1 is 1.50 bits per heavy atom. The van der Waals surface area contributed by atoms with Gasteiger partial charge in [-0.1, -0.05) is 0 Å². The van der Waals surface area contributed by atoms with Crippen LogP contribution in [-0.4, -0.2) is 37.2 Å². The van der Waals surface area contributed by atoms with Crippen molar-refractivity contribution < 1.29 is 13.2 Å². The fourth-order valence-corrected chi connectivity index (χ4v) is 3.77. The van der Waals surface area contributed by atoms with Gasteiger partial charge in [0.25, 0.3) is 5.17 Å². The fraction of sp³-hybridized carbons (Fsp3) is 0.900. The summed E-state index contributed by atoms with van der Waals surface area (Å²) in [5.41, 5.74) is -0.314. The summed E-state index contributed by atoms with van der Waals surface area (Å²) in [5, 5.41) is 3.31. The average Bonchev–Trinajstić information content (AvgIpc) is 2.39. The van der Waals surface area contributed by atoms with Crippen molar-refractivity contribution in [3.63, 3.8) is 0 Å². The largest absolute Gasteiger partial charge is 0.465 e. The predicted molar refractivity (Wildman–Crippen MR) is 68.2 cm³/mol. The van der Waals surface area contributed by atoms with Crippen LogP contribution in [0.25, 0.3) is 0 Å². The third-order valence-corrected chi connectivity index (χ3v) is 4.33. The van der Waals surface area contributed by atoms with Crippen LogP contribution in [0.2, 0.25) is 0 Å². The van der Waals surface area contributed by atoms with Crippen molar-refractivity contribution in [3.8, 4) is 0 Å². The maximum absolute atomic E-state index is 11.2. The van der Waals surface area contributed by atoms with Gasteiger partial charge in [-0.3, -0.25) is 0 Å². The molecule has 4 nitrogen and oxygen atoms in total. The van der Waals surface area contributed by atoms with E-state index >= 15 is 0 Å². The Labute approximate surface area is 103 Å². The monoisotopic (exact) mass is 265 g/mol. The molecule has 0 unspecified atom stereocenters. The van der Waals surface area contributed by atoms with Gasteiger partial charge in [0.2, 0.25) is 0 Å². The van der Waals surface area contributed by atoms with Crippen LogP contribution < -0.4 is 5.32 Å². The first-order chi connectivity index (χ1) is 7.18. The smallest absolute Gasteiger partial charge is 0.257 e. The predicted octanol–water partition coefficient (Wildman–Crippen LogP) is 1.11. The molecule has 0 aromatic carbocycles. The molecule has 1 aliphatic rings. The van der Waals surface area contributed by atoms with E-state index in [1.54, 1.807) is 0 Å². The Morgan fingerprint density at radius 3 is 2.56 bits per heavy atom. The van der Waals surface area contributed by atoms with Gasteiger partial charge in [-0.15, -0.1) is 0 Å². The molecule has 0 radical (unpaired) electrons. The SMILES string of the molecule is CC(C)(C)OC(=S)NC[C@@H]1CCS(=O)(=O)C1. The van der Waals surface area contributed by atoms with E-state index in [0.717, 1.165) is 0 Å². The molecule has 1 aliphatic heterocycles. The molecule has 0 aromatic rings. The number of nitrogens with one attached hydrogen (secondary N) is 1. The maximum atomic E-state index is 11.2. The normalized spacial score (nSPS) is 24.1. The number of hydrogen-bond acceptors (Lipinski definition) is 4. The second kappa shape index (κ2) is 4.87. The van der Waals surface area contributed by atoms with Crippen molar-refractivity contribution in [2.45, 2.75) is 32.8 Å². The zero-order chi connectivity index (χ0) is 12.4. The summed E-state index contributed by atoms with van der Waals surface area (Å²) in [6.45, 7) is 6.33. The van der Waals surface area contributed by atoms with Crippen LogP contribution in [-0.2, 0) is 14.6 Å². The van der Waals surface area contributed by atoms with Gasteiger partial charge < -0.3 is 10.1 Å². The van der Waals surface area contributed by atoms with E-state index in [9.17, 15) is 8.42 Å². The van der Waals surface area contributed by atoms with Crippen molar-refractivity contribution >= 4 is 27.2 Å². The van der Waals surface area contributed by atoms with Crippen LogP contribution in [0.4, 0.5) is 0 Å². The van der Waals surface area contributed by atoms with Crippen molar-refractivity contribution in [3.05, 3.63) is 0 Å². The summed E-state index contributed by atoms with van der Waals surface area (Å²) in [5.74, 6) is 0.719. The summed E-state index contributed by atoms with van der Waals surface area (Å²) in [6.07, 6.45) is 0.716. The molecular weight excluding hydrogens is 246 g/mol. The van der Waals surface area contributed by atoms with Gasteiger partial charge in [0.1, 0.15) is 5.60 Å². The fourth-order valence-electron chi connectivity index (χ4n) is 1.57. The molecule has 1 saturated heterocycles. The third-order valence-electron chi connectivity index (χ3n) is 2.26. The maximum Gasteiger partial charge on any atom is 0.257 e. The molecule has 16 heavy (non-hydrogen) atoms. The summed E-state index contributed by atoms with van der Waals surface area (Å²) in [4.78, 5) is 0. The molecule has 1 atom stereocenters. The molecule has 0 spiro atoms. The molecule has 1 heterocycles. The number of hydrogen-bond donors (Lipinski definition) is 1. The van der Waals surface area contributed by atoms with Gasteiger partial charge in [-0.05, 0) is 45.3 Å². The third kappa shape index (κ3) is 5.12. The van der Waals surface area contributed by atoms with Gasteiger partial charge in [0, 0.05) is 6.54 Å². The highest BCUT2D eigenvalue weighted by Crippen LogP contribution is 2.17. The lowest BCUT2D eigenvalue weighted by Crippen LogP contribution is -2.35. The Bertz CT molecular complexity index is 357. The highest BCUT2D eigenvalue weighted by atomic mass is 32.2. The second-order valence-electron chi connectivity index (χ2n) is 5.15. The summed E-state index contributed by atoms with van der Waals surface area (Å²) < 4.78 is 27.9. The molecule has 1 N–H and O–H groups in total. The van der Waals surface area contributed by atoms with Gasteiger partial charge >= 0.3 is 0 Å². The molecule has 0 saturated carbocycles. The van der Waals surface area contributed by atoms with E-state index in [4.69, 9.17) is 17.0 Å². The minimum Gasteiger partial charge on any atom is -0.465 e.